The summed E-state index contributed by atoms with van der Waals surface area (Å²) in [5.41, 5.74) is 7.26. The van der Waals surface area contributed by atoms with Gasteiger partial charge in [-0.2, -0.15) is 18.3 Å². The molecule has 3 aromatic rings. The van der Waals surface area contributed by atoms with Gasteiger partial charge in [-0.05, 0) is 44.3 Å². The Bertz CT molecular complexity index is 1480. The van der Waals surface area contributed by atoms with Crippen molar-refractivity contribution < 1.29 is 27.5 Å². The highest BCUT2D eigenvalue weighted by Crippen LogP contribution is 2.39. The second kappa shape index (κ2) is 13.6. The monoisotopic (exact) mass is 608 g/mol. The van der Waals surface area contributed by atoms with Crippen LogP contribution < -0.4 is 32.0 Å². The van der Waals surface area contributed by atoms with Crippen LogP contribution in [0.4, 0.5) is 24.5 Å². The van der Waals surface area contributed by atoms with Crippen LogP contribution in [-0.2, 0) is 24.6 Å². The number of aromatic nitrogens is 2. The van der Waals surface area contributed by atoms with Crippen molar-refractivity contribution in [3.8, 4) is 5.75 Å². The molecule has 3 rings (SSSR count). The van der Waals surface area contributed by atoms with Crippen molar-refractivity contribution >= 4 is 41.0 Å². The normalized spacial score (nSPS) is 11.9. The van der Waals surface area contributed by atoms with E-state index in [0.29, 0.717) is 30.8 Å². The average Bonchev–Trinajstić information content (AvgIpc) is 3.26. The van der Waals surface area contributed by atoms with Gasteiger partial charge >= 0.3 is 6.18 Å². The summed E-state index contributed by atoms with van der Waals surface area (Å²) in [6.45, 7) is 2.54. The van der Waals surface area contributed by atoms with E-state index in [1.165, 1.54) is 31.5 Å². The third-order valence-electron chi connectivity index (χ3n) is 6.42. The summed E-state index contributed by atoms with van der Waals surface area (Å²) in [7, 11) is 4.73. The second-order valence-electron chi connectivity index (χ2n) is 9.40. The first-order valence-corrected chi connectivity index (χ1v) is 12.9. The van der Waals surface area contributed by atoms with Crippen molar-refractivity contribution in [2.24, 2.45) is 18.6 Å². The third kappa shape index (κ3) is 7.72. The van der Waals surface area contributed by atoms with Crippen molar-refractivity contribution in [3.05, 3.63) is 75.7 Å². The molecule has 2 amide bonds. The molecule has 0 atom stereocenters. The number of rotatable bonds is 12. The molecule has 2 aromatic carbocycles. The summed E-state index contributed by atoms with van der Waals surface area (Å²) < 4.78 is 48.5. The number of halogens is 4. The number of nitrogens with two attached hydrogens (primary N) is 2. The molecule has 226 valence electrons. The number of carbonyl (C=O) groups is 2. The first kappa shape index (κ1) is 32.2. The van der Waals surface area contributed by atoms with Gasteiger partial charge in [0.15, 0.2) is 0 Å². The fourth-order valence-electron chi connectivity index (χ4n) is 4.11. The predicted octanol–water partition coefficient (Wildman–Crippen LogP) is 3.48. The van der Waals surface area contributed by atoms with Gasteiger partial charge in [0, 0.05) is 55.3 Å². The number of hydrogen-bond acceptors (Lipinski definition) is 8. The smallest absolute Gasteiger partial charge is 0.416 e. The molecule has 0 aliphatic rings. The van der Waals surface area contributed by atoms with Crippen LogP contribution in [0.2, 0.25) is 5.02 Å². The molecule has 0 aliphatic heterocycles. The number of anilines is 2. The lowest BCUT2D eigenvalue weighted by atomic mass is 10.1. The number of aryl methyl sites for hydroxylation is 1. The Labute approximate surface area is 245 Å². The summed E-state index contributed by atoms with van der Waals surface area (Å²) in [5.74, 6) is 5.53. The van der Waals surface area contributed by atoms with Crippen LogP contribution in [0.1, 0.15) is 32.7 Å². The minimum absolute atomic E-state index is 0.0495. The number of nitrogens with zero attached hydrogens (tertiary/aromatic N) is 4. The van der Waals surface area contributed by atoms with Crippen LogP contribution in [0.5, 0.6) is 5.75 Å². The van der Waals surface area contributed by atoms with Gasteiger partial charge in [0.2, 0.25) is 6.41 Å². The lowest BCUT2D eigenvalue weighted by molar-refractivity contribution is -0.137. The van der Waals surface area contributed by atoms with E-state index in [2.05, 4.69) is 15.7 Å². The number of methoxy groups -OCH3 is 1. The van der Waals surface area contributed by atoms with E-state index in [4.69, 9.17) is 27.9 Å². The highest BCUT2D eigenvalue weighted by atomic mass is 35.5. The van der Waals surface area contributed by atoms with E-state index < -0.39 is 17.6 Å². The molecule has 0 unspecified atom stereocenters. The van der Waals surface area contributed by atoms with E-state index >= 15 is 0 Å². The Balaban J connectivity index is 1.93. The molecular weight excluding hydrogens is 577 g/mol. The molecule has 0 aliphatic carbocycles. The lowest BCUT2D eigenvalue weighted by Gasteiger charge is -2.22. The minimum Gasteiger partial charge on any atom is -0.494 e. The first-order valence-electron chi connectivity index (χ1n) is 12.5. The summed E-state index contributed by atoms with van der Waals surface area (Å²) >= 11 is 6.34. The molecule has 11 nitrogen and oxygen atoms in total. The number of ether oxygens (including phenoxy) is 1. The van der Waals surface area contributed by atoms with E-state index in [-0.39, 0.29) is 39.8 Å². The number of hydrogen-bond donors (Lipinski definition) is 4. The van der Waals surface area contributed by atoms with Crippen LogP contribution in [0.3, 0.4) is 0 Å². The minimum atomic E-state index is -4.69. The van der Waals surface area contributed by atoms with Crippen molar-refractivity contribution in [1.29, 1.82) is 0 Å². The first-order chi connectivity index (χ1) is 19.8. The van der Waals surface area contributed by atoms with Gasteiger partial charge in [0.25, 0.3) is 5.91 Å². The summed E-state index contributed by atoms with van der Waals surface area (Å²) in [5, 5.41) is 10.5. The van der Waals surface area contributed by atoms with Crippen LogP contribution >= 0.6 is 11.6 Å². The Morgan fingerprint density at radius 3 is 2.57 bits per heavy atom. The Morgan fingerprint density at radius 1 is 1.26 bits per heavy atom. The molecule has 0 spiro atoms. The van der Waals surface area contributed by atoms with Crippen LogP contribution in [0.25, 0.3) is 5.70 Å². The molecule has 6 N–H and O–H groups in total. The van der Waals surface area contributed by atoms with Gasteiger partial charge in [-0.1, -0.05) is 11.6 Å². The van der Waals surface area contributed by atoms with Crippen molar-refractivity contribution in [1.82, 2.24) is 20.0 Å². The summed E-state index contributed by atoms with van der Waals surface area (Å²) in [6.07, 6.45) is -1.16. The zero-order valence-corrected chi connectivity index (χ0v) is 24.2. The Morgan fingerprint density at radius 2 is 1.98 bits per heavy atom. The topological polar surface area (TPSA) is 144 Å². The molecule has 42 heavy (non-hydrogen) atoms. The lowest BCUT2D eigenvalue weighted by Crippen LogP contribution is -2.28. The van der Waals surface area contributed by atoms with E-state index in [0.717, 1.165) is 22.8 Å². The van der Waals surface area contributed by atoms with Crippen LogP contribution in [0.15, 0.2) is 42.7 Å². The van der Waals surface area contributed by atoms with Crippen molar-refractivity contribution in [2.75, 3.05) is 37.6 Å². The van der Waals surface area contributed by atoms with E-state index in [9.17, 15) is 22.8 Å². The largest absolute Gasteiger partial charge is 0.494 e. The SMILES string of the molecule is COc1c(CN(C)CCNC=O)cc(C(F)(F)F)cc1NC(=O)c1ccc(Cl)c(N(N)/C=C(\N)c2cnn(C)c2C)c1. The molecule has 0 radical (unpaired) electrons. The maximum atomic E-state index is 13.8. The second-order valence-corrected chi connectivity index (χ2v) is 9.81. The third-order valence-corrected chi connectivity index (χ3v) is 6.74. The number of amides is 2. The molecule has 0 fully saturated rings. The number of carbonyl (C=O) groups excluding carboxylic acids is 2. The fraction of sp³-hybridized carbons (Fsp3) is 0.296. The van der Waals surface area contributed by atoms with Gasteiger partial charge in [0.05, 0.1) is 41.0 Å². The standard InChI is InChI=1S/C27H32ClF3N8O3/c1-16-20(12-35-38(16)3)22(32)14-39(33)24-10-17(5-6-21(24)28)26(41)36-23-11-19(27(29,30)31)9-18(25(23)42-4)13-37(2)8-7-34-15-40/h5-6,9-12,14-15H,7-8,13,32-33H2,1-4H3,(H,34,40)(H,36,41)/b22-14-. The highest BCUT2D eigenvalue weighted by Gasteiger charge is 2.33. The summed E-state index contributed by atoms with van der Waals surface area (Å²) in [4.78, 5) is 25.5. The van der Waals surface area contributed by atoms with Crippen LogP contribution in [0, 0.1) is 6.92 Å². The number of benzene rings is 2. The molecule has 0 saturated carbocycles. The maximum Gasteiger partial charge on any atom is 0.416 e. The fourth-order valence-corrected chi connectivity index (χ4v) is 4.32. The van der Waals surface area contributed by atoms with Crippen molar-refractivity contribution in [2.45, 2.75) is 19.6 Å². The molecule has 1 heterocycles. The van der Waals surface area contributed by atoms with Crippen LogP contribution in [-0.4, -0.2) is 54.2 Å². The zero-order chi connectivity index (χ0) is 31.2. The van der Waals surface area contributed by atoms with Gasteiger partial charge in [0.1, 0.15) is 5.75 Å². The number of nitrogens with one attached hydrogen (secondary N) is 2. The number of likely N-dealkylation sites (N-methyl/N-ethyl adjacent to an activating group) is 1. The Hall–Kier alpha value is -4.27. The molecule has 15 heteroatoms. The highest BCUT2D eigenvalue weighted by molar-refractivity contribution is 6.33. The van der Waals surface area contributed by atoms with E-state index in [1.807, 2.05) is 6.92 Å². The average molecular weight is 609 g/mol. The Kier molecular flexibility index (Phi) is 10.4. The molecule has 1 aromatic heterocycles. The molecule has 0 saturated heterocycles. The summed E-state index contributed by atoms with van der Waals surface area (Å²) in [6, 6.07) is 5.99. The quantitative estimate of drug-likeness (QED) is 0.106. The van der Waals surface area contributed by atoms with E-state index in [1.54, 1.807) is 29.9 Å². The molecular formula is C27H32ClF3N8O3. The van der Waals surface area contributed by atoms with Crippen molar-refractivity contribution in [3.63, 3.8) is 0 Å². The predicted molar refractivity (Wildman–Crippen MR) is 155 cm³/mol. The maximum absolute atomic E-state index is 13.8. The zero-order valence-electron chi connectivity index (χ0n) is 23.4. The van der Waals surface area contributed by atoms with Gasteiger partial charge < -0.3 is 26.0 Å². The number of hydrazine groups is 1. The number of alkyl halides is 3. The van der Waals surface area contributed by atoms with Gasteiger partial charge in [-0.15, -0.1) is 0 Å². The molecule has 0 bridgehead atoms. The van der Waals surface area contributed by atoms with Gasteiger partial charge in [-0.25, -0.2) is 5.84 Å². The van der Waals surface area contributed by atoms with Gasteiger partial charge in [-0.3, -0.25) is 19.3 Å².